The van der Waals surface area contributed by atoms with Crippen LogP contribution in [0.2, 0.25) is 0 Å². The van der Waals surface area contributed by atoms with E-state index in [1.807, 2.05) is 24.3 Å². The number of amides is 1. The largest absolute Gasteiger partial charge is 0.341 e. The molecule has 6 heteroatoms. The summed E-state index contributed by atoms with van der Waals surface area (Å²) in [7, 11) is 1.69. The van der Waals surface area contributed by atoms with Gasteiger partial charge in [0.1, 0.15) is 0 Å². The molecule has 0 atom stereocenters. The van der Waals surface area contributed by atoms with E-state index < -0.39 is 4.92 Å². The first-order valence-electron chi connectivity index (χ1n) is 6.68. The highest BCUT2D eigenvalue weighted by atomic mass is 79.9. The Hall–Kier alpha value is -2.21. The van der Waals surface area contributed by atoms with Crippen LogP contribution in [0, 0.1) is 10.1 Å². The van der Waals surface area contributed by atoms with Crippen molar-refractivity contribution in [3.05, 3.63) is 74.2 Å². The summed E-state index contributed by atoms with van der Waals surface area (Å²) < 4.78 is 0.931. The van der Waals surface area contributed by atoms with Gasteiger partial charge in [-0.2, -0.15) is 0 Å². The summed E-state index contributed by atoms with van der Waals surface area (Å²) in [6, 6.07) is 14.0. The number of carbonyl (C=O) groups excluding carboxylic acids is 1. The molecule has 0 aliphatic rings. The predicted molar refractivity (Wildman–Crippen MR) is 87.4 cm³/mol. The summed E-state index contributed by atoms with van der Waals surface area (Å²) in [4.78, 5) is 24.4. The summed E-state index contributed by atoms with van der Waals surface area (Å²) in [6.45, 7) is 0.445. The van der Waals surface area contributed by atoms with E-state index in [4.69, 9.17) is 0 Å². The van der Waals surface area contributed by atoms with Gasteiger partial charge < -0.3 is 4.90 Å². The Morgan fingerprint density at radius 1 is 1.14 bits per heavy atom. The van der Waals surface area contributed by atoms with Gasteiger partial charge in [-0.3, -0.25) is 14.9 Å². The van der Waals surface area contributed by atoms with E-state index in [1.54, 1.807) is 30.1 Å². The Bertz CT molecular complexity index is 703. The molecular weight excluding hydrogens is 348 g/mol. The molecule has 0 spiro atoms. The SMILES string of the molecule is CN(Cc1ccccc1Br)C(=O)Cc1ccccc1[N+](=O)[O-]. The minimum absolute atomic E-state index is 0.0120. The third-order valence-corrected chi connectivity index (χ3v) is 4.09. The van der Waals surface area contributed by atoms with Gasteiger partial charge in [0.25, 0.3) is 5.69 Å². The molecule has 0 N–H and O–H groups in total. The molecule has 1 amide bonds. The second-order valence-corrected chi connectivity index (χ2v) is 5.76. The number of para-hydroxylation sites is 1. The van der Waals surface area contributed by atoms with Crippen molar-refractivity contribution in [2.24, 2.45) is 0 Å². The molecular formula is C16H15BrN2O3. The predicted octanol–water partition coefficient (Wildman–Crippen LogP) is 3.56. The zero-order chi connectivity index (χ0) is 16.1. The van der Waals surface area contributed by atoms with Crippen LogP contribution in [0.1, 0.15) is 11.1 Å². The molecule has 2 rings (SSSR count). The van der Waals surface area contributed by atoms with Gasteiger partial charge in [-0.15, -0.1) is 0 Å². The molecule has 0 fully saturated rings. The lowest BCUT2D eigenvalue weighted by atomic mass is 10.1. The zero-order valence-electron chi connectivity index (χ0n) is 12.0. The molecule has 0 bridgehead atoms. The maximum absolute atomic E-state index is 12.3. The number of likely N-dealkylation sites (N-methyl/N-ethyl adjacent to an activating group) is 1. The molecule has 2 aromatic carbocycles. The van der Waals surface area contributed by atoms with Crippen LogP contribution in [-0.2, 0) is 17.8 Å². The monoisotopic (exact) mass is 362 g/mol. The number of carbonyl (C=O) groups is 1. The fraction of sp³-hybridized carbons (Fsp3) is 0.188. The van der Waals surface area contributed by atoms with Crippen molar-refractivity contribution < 1.29 is 9.72 Å². The molecule has 0 aliphatic carbocycles. The standard InChI is InChI=1S/C16H15BrN2O3/c1-18(11-13-7-2-4-8-14(13)17)16(20)10-12-6-3-5-9-15(12)19(21)22/h2-9H,10-11H2,1H3. The van der Waals surface area contributed by atoms with Crippen LogP contribution in [0.5, 0.6) is 0 Å². The maximum atomic E-state index is 12.3. The van der Waals surface area contributed by atoms with Crippen LogP contribution >= 0.6 is 15.9 Å². The van der Waals surface area contributed by atoms with Crippen molar-refractivity contribution in [2.45, 2.75) is 13.0 Å². The minimum Gasteiger partial charge on any atom is -0.341 e. The van der Waals surface area contributed by atoms with E-state index in [0.717, 1.165) is 10.0 Å². The average Bonchev–Trinajstić information content (AvgIpc) is 2.49. The first kappa shape index (κ1) is 16.2. The number of rotatable bonds is 5. The Morgan fingerprint density at radius 3 is 2.36 bits per heavy atom. The van der Waals surface area contributed by atoms with Crippen LogP contribution in [0.3, 0.4) is 0 Å². The lowest BCUT2D eigenvalue weighted by molar-refractivity contribution is -0.385. The quantitative estimate of drug-likeness (QED) is 0.603. The van der Waals surface area contributed by atoms with Gasteiger partial charge in [0, 0.05) is 29.7 Å². The van der Waals surface area contributed by atoms with Gasteiger partial charge in [0.05, 0.1) is 11.3 Å². The van der Waals surface area contributed by atoms with Gasteiger partial charge in [0.2, 0.25) is 5.91 Å². The molecule has 0 radical (unpaired) electrons. The van der Waals surface area contributed by atoms with Crippen LogP contribution in [-0.4, -0.2) is 22.8 Å². The number of nitro groups is 1. The summed E-state index contributed by atoms with van der Waals surface area (Å²) in [5, 5.41) is 11.0. The number of hydrogen-bond acceptors (Lipinski definition) is 3. The maximum Gasteiger partial charge on any atom is 0.273 e. The summed E-state index contributed by atoms with van der Waals surface area (Å²) in [5.74, 6) is -0.162. The van der Waals surface area contributed by atoms with Crippen molar-refractivity contribution >= 4 is 27.5 Å². The summed E-state index contributed by atoms with van der Waals surface area (Å²) in [5.41, 5.74) is 1.39. The van der Waals surface area contributed by atoms with Crippen molar-refractivity contribution in [3.8, 4) is 0 Å². The highest BCUT2D eigenvalue weighted by molar-refractivity contribution is 9.10. The van der Waals surface area contributed by atoms with Gasteiger partial charge in [-0.1, -0.05) is 52.3 Å². The van der Waals surface area contributed by atoms with E-state index in [0.29, 0.717) is 12.1 Å². The number of nitro benzene ring substituents is 1. The topological polar surface area (TPSA) is 63.5 Å². The van der Waals surface area contributed by atoms with E-state index in [-0.39, 0.29) is 18.0 Å². The molecule has 114 valence electrons. The Morgan fingerprint density at radius 2 is 1.73 bits per heavy atom. The average molecular weight is 363 g/mol. The minimum atomic E-state index is -0.462. The Kier molecular flexibility index (Phi) is 5.27. The lowest BCUT2D eigenvalue weighted by Crippen LogP contribution is -2.28. The van der Waals surface area contributed by atoms with Crippen LogP contribution < -0.4 is 0 Å². The first-order chi connectivity index (χ1) is 10.5. The number of halogens is 1. The molecule has 0 saturated carbocycles. The normalized spacial score (nSPS) is 10.3. The van der Waals surface area contributed by atoms with Crippen molar-refractivity contribution in [1.82, 2.24) is 4.90 Å². The van der Waals surface area contributed by atoms with E-state index in [1.165, 1.54) is 6.07 Å². The third kappa shape index (κ3) is 3.92. The van der Waals surface area contributed by atoms with Gasteiger partial charge in [-0.25, -0.2) is 0 Å². The van der Waals surface area contributed by atoms with Gasteiger partial charge in [0.15, 0.2) is 0 Å². The molecule has 0 saturated heterocycles. The molecule has 0 heterocycles. The molecule has 2 aromatic rings. The molecule has 0 aromatic heterocycles. The fourth-order valence-corrected chi connectivity index (χ4v) is 2.52. The smallest absolute Gasteiger partial charge is 0.273 e. The van der Waals surface area contributed by atoms with Crippen molar-refractivity contribution in [2.75, 3.05) is 7.05 Å². The van der Waals surface area contributed by atoms with E-state index in [9.17, 15) is 14.9 Å². The molecule has 0 aliphatic heterocycles. The first-order valence-corrected chi connectivity index (χ1v) is 7.48. The summed E-state index contributed by atoms with van der Waals surface area (Å²) >= 11 is 3.44. The second kappa shape index (κ2) is 7.17. The van der Waals surface area contributed by atoms with Gasteiger partial charge in [-0.05, 0) is 11.6 Å². The highest BCUT2D eigenvalue weighted by Crippen LogP contribution is 2.20. The molecule has 5 nitrogen and oxygen atoms in total. The molecule has 22 heavy (non-hydrogen) atoms. The number of hydrogen-bond donors (Lipinski definition) is 0. The second-order valence-electron chi connectivity index (χ2n) is 4.90. The van der Waals surface area contributed by atoms with E-state index in [2.05, 4.69) is 15.9 Å². The van der Waals surface area contributed by atoms with Crippen molar-refractivity contribution in [3.63, 3.8) is 0 Å². The van der Waals surface area contributed by atoms with Gasteiger partial charge >= 0.3 is 0 Å². The lowest BCUT2D eigenvalue weighted by Gasteiger charge is -2.18. The van der Waals surface area contributed by atoms with E-state index >= 15 is 0 Å². The third-order valence-electron chi connectivity index (χ3n) is 3.32. The summed E-state index contributed by atoms with van der Waals surface area (Å²) in [6.07, 6.45) is 0.0120. The van der Waals surface area contributed by atoms with Crippen LogP contribution in [0.4, 0.5) is 5.69 Å². The van der Waals surface area contributed by atoms with Crippen LogP contribution in [0.15, 0.2) is 53.0 Å². The fourth-order valence-electron chi connectivity index (χ4n) is 2.11. The van der Waals surface area contributed by atoms with Crippen molar-refractivity contribution in [1.29, 1.82) is 0 Å². The molecule has 0 unspecified atom stereocenters. The number of benzene rings is 2. The number of nitrogens with zero attached hydrogens (tertiary/aromatic N) is 2. The Balaban J connectivity index is 2.09. The zero-order valence-corrected chi connectivity index (χ0v) is 13.6. The highest BCUT2D eigenvalue weighted by Gasteiger charge is 2.18. The Labute approximate surface area is 136 Å². The van der Waals surface area contributed by atoms with Crippen LogP contribution in [0.25, 0.3) is 0 Å².